The minimum absolute atomic E-state index is 0.0851. The summed E-state index contributed by atoms with van der Waals surface area (Å²) in [7, 11) is -2.91. The Kier molecular flexibility index (Phi) is 4.42. The Morgan fingerprint density at radius 2 is 2.15 bits per heavy atom. The van der Waals surface area contributed by atoms with Crippen molar-refractivity contribution in [2.45, 2.75) is 52.5 Å². The highest BCUT2D eigenvalue weighted by atomic mass is 32.2. The molecule has 20 heavy (non-hydrogen) atoms. The van der Waals surface area contributed by atoms with Crippen LogP contribution in [0.2, 0.25) is 0 Å². The van der Waals surface area contributed by atoms with Crippen LogP contribution in [0.3, 0.4) is 0 Å². The first kappa shape index (κ1) is 15.4. The van der Waals surface area contributed by atoms with Gasteiger partial charge in [-0.1, -0.05) is 20.8 Å². The second kappa shape index (κ2) is 5.76. The molecule has 0 spiro atoms. The van der Waals surface area contributed by atoms with Gasteiger partial charge in [-0.2, -0.15) is 5.10 Å². The van der Waals surface area contributed by atoms with E-state index >= 15 is 0 Å². The maximum absolute atomic E-state index is 11.6. The number of sulfone groups is 1. The summed E-state index contributed by atoms with van der Waals surface area (Å²) in [5, 5.41) is 4.63. The van der Waals surface area contributed by atoms with Crippen LogP contribution >= 0.6 is 0 Å². The van der Waals surface area contributed by atoms with Gasteiger partial charge in [-0.3, -0.25) is 0 Å². The molecule has 0 radical (unpaired) electrons. The molecule has 1 saturated heterocycles. The Morgan fingerprint density at radius 3 is 2.65 bits per heavy atom. The quantitative estimate of drug-likeness (QED) is 0.901. The smallest absolute Gasteiger partial charge is 0.152 e. The van der Waals surface area contributed by atoms with Crippen molar-refractivity contribution >= 4 is 15.7 Å². The van der Waals surface area contributed by atoms with Crippen LogP contribution in [0, 0.1) is 5.92 Å². The van der Waals surface area contributed by atoms with Gasteiger partial charge in [0.15, 0.2) is 9.84 Å². The van der Waals surface area contributed by atoms with E-state index in [4.69, 9.17) is 5.73 Å². The minimum atomic E-state index is -2.91. The number of nitrogens with two attached hydrogens (primary N) is 1. The highest BCUT2D eigenvalue weighted by Gasteiger charge is 2.31. The summed E-state index contributed by atoms with van der Waals surface area (Å²) in [6.07, 6.45) is 3.46. The number of aromatic nitrogens is 2. The van der Waals surface area contributed by atoms with E-state index in [9.17, 15) is 8.42 Å². The van der Waals surface area contributed by atoms with Crippen LogP contribution in [-0.4, -0.2) is 29.7 Å². The van der Waals surface area contributed by atoms with Gasteiger partial charge in [0.2, 0.25) is 0 Å². The van der Waals surface area contributed by atoms with Crippen LogP contribution in [0.5, 0.6) is 0 Å². The number of hydrogen-bond acceptors (Lipinski definition) is 4. The third-order valence-electron chi connectivity index (χ3n) is 4.00. The fourth-order valence-electron chi connectivity index (χ4n) is 2.79. The van der Waals surface area contributed by atoms with Crippen molar-refractivity contribution in [1.29, 1.82) is 0 Å². The number of aryl methyl sites for hydroxylation is 1. The maximum atomic E-state index is 11.6. The van der Waals surface area contributed by atoms with Crippen molar-refractivity contribution < 1.29 is 8.42 Å². The minimum Gasteiger partial charge on any atom is -0.384 e. The molecule has 1 atom stereocenters. The van der Waals surface area contributed by atoms with Crippen molar-refractivity contribution in [3.8, 4) is 0 Å². The molecule has 5 nitrogen and oxygen atoms in total. The van der Waals surface area contributed by atoms with Crippen LogP contribution in [-0.2, 0) is 22.7 Å². The summed E-state index contributed by atoms with van der Waals surface area (Å²) in [5.74, 6) is 1.71. The molecule has 0 bridgehead atoms. The molecule has 6 heteroatoms. The van der Waals surface area contributed by atoms with Crippen molar-refractivity contribution in [3.05, 3.63) is 11.3 Å². The zero-order valence-electron chi connectivity index (χ0n) is 12.6. The first-order chi connectivity index (χ1) is 9.34. The number of anilines is 1. The SMILES string of the molecule is CCc1c(CCC(C)C)nn(C2CCS(=O)(=O)C2)c1N. The molecule has 1 aromatic heterocycles. The summed E-state index contributed by atoms with van der Waals surface area (Å²) in [5.41, 5.74) is 8.33. The van der Waals surface area contributed by atoms with E-state index in [0.717, 1.165) is 30.5 Å². The van der Waals surface area contributed by atoms with E-state index < -0.39 is 9.84 Å². The zero-order valence-corrected chi connectivity index (χ0v) is 13.4. The molecule has 1 fully saturated rings. The van der Waals surface area contributed by atoms with Crippen LogP contribution in [0.15, 0.2) is 0 Å². The van der Waals surface area contributed by atoms with Gasteiger partial charge >= 0.3 is 0 Å². The Morgan fingerprint density at radius 1 is 1.45 bits per heavy atom. The molecular formula is C14H25N3O2S. The maximum Gasteiger partial charge on any atom is 0.152 e. The first-order valence-electron chi connectivity index (χ1n) is 7.40. The molecule has 2 heterocycles. The summed E-state index contributed by atoms with van der Waals surface area (Å²) >= 11 is 0. The standard InChI is InChI=1S/C14H25N3O2S/c1-4-12-13(6-5-10(2)3)16-17(14(12)15)11-7-8-20(18,19)9-11/h10-11H,4-9,15H2,1-3H3. The van der Waals surface area contributed by atoms with Gasteiger partial charge in [0.1, 0.15) is 5.82 Å². The fraction of sp³-hybridized carbons (Fsp3) is 0.786. The lowest BCUT2D eigenvalue weighted by Crippen LogP contribution is -2.15. The van der Waals surface area contributed by atoms with Gasteiger partial charge in [-0.25, -0.2) is 13.1 Å². The molecule has 0 aliphatic carbocycles. The number of nitrogens with zero attached hydrogens (tertiary/aromatic N) is 2. The number of hydrogen-bond donors (Lipinski definition) is 1. The summed E-state index contributed by atoms with van der Waals surface area (Å²) in [4.78, 5) is 0. The van der Waals surface area contributed by atoms with Gasteiger partial charge in [-0.15, -0.1) is 0 Å². The largest absolute Gasteiger partial charge is 0.384 e. The summed E-state index contributed by atoms with van der Waals surface area (Å²) in [6.45, 7) is 6.45. The normalized spacial score (nSPS) is 21.7. The number of rotatable bonds is 5. The van der Waals surface area contributed by atoms with E-state index in [1.54, 1.807) is 4.68 Å². The van der Waals surface area contributed by atoms with Gasteiger partial charge in [0, 0.05) is 5.56 Å². The average molecular weight is 299 g/mol. The van der Waals surface area contributed by atoms with E-state index in [1.165, 1.54) is 0 Å². The van der Waals surface area contributed by atoms with E-state index in [-0.39, 0.29) is 17.5 Å². The highest BCUT2D eigenvalue weighted by Crippen LogP contribution is 2.29. The third-order valence-corrected chi connectivity index (χ3v) is 5.75. The molecule has 0 aromatic carbocycles. The van der Waals surface area contributed by atoms with Crippen molar-refractivity contribution in [1.82, 2.24) is 9.78 Å². The Labute approximate surface area is 121 Å². The van der Waals surface area contributed by atoms with E-state index in [1.807, 2.05) is 0 Å². The molecule has 0 saturated carbocycles. The molecule has 2 N–H and O–H groups in total. The van der Waals surface area contributed by atoms with Crippen LogP contribution in [0.4, 0.5) is 5.82 Å². The molecule has 1 unspecified atom stereocenters. The van der Waals surface area contributed by atoms with Crippen LogP contribution < -0.4 is 5.73 Å². The molecule has 1 aromatic rings. The fourth-order valence-corrected chi connectivity index (χ4v) is 4.48. The predicted octanol–water partition coefficient (Wildman–Crippen LogP) is 1.98. The Hall–Kier alpha value is -1.04. The second-order valence-electron chi connectivity index (χ2n) is 6.10. The highest BCUT2D eigenvalue weighted by molar-refractivity contribution is 7.91. The lowest BCUT2D eigenvalue weighted by molar-refractivity contribution is 0.496. The molecule has 1 aliphatic rings. The molecule has 1 aliphatic heterocycles. The van der Waals surface area contributed by atoms with Gasteiger partial charge in [0.25, 0.3) is 0 Å². The summed E-state index contributed by atoms with van der Waals surface area (Å²) < 4.78 is 25.0. The van der Waals surface area contributed by atoms with Gasteiger partial charge in [-0.05, 0) is 31.6 Å². The van der Waals surface area contributed by atoms with E-state index in [0.29, 0.717) is 18.2 Å². The Bertz CT molecular complexity index is 575. The third kappa shape index (κ3) is 3.16. The zero-order chi connectivity index (χ0) is 14.9. The summed E-state index contributed by atoms with van der Waals surface area (Å²) in [6, 6.07) is -0.0851. The van der Waals surface area contributed by atoms with Crippen LogP contribution in [0.25, 0.3) is 0 Å². The monoisotopic (exact) mass is 299 g/mol. The molecule has 0 amide bonds. The number of nitrogen functional groups attached to an aromatic ring is 1. The predicted molar refractivity (Wildman–Crippen MR) is 81.5 cm³/mol. The topological polar surface area (TPSA) is 78.0 Å². The molecule has 114 valence electrons. The lowest BCUT2D eigenvalue weighted by atomic mass is 10.0. The average Bonchev–Trinajstić information content (AvgIpc) is 2.86. The van der Waals surface area contributed by atoms with Gasteiger partial charge in [0.05, 0.1) is 23.2 Å². The van der Waals surface area contributed by atoms with Crippen LogP contribution in [0.1, 0.15) is 50.9 Å². The lowest BCUT2D eigenvalue weighted by Gasteiger charge is -2.10. The van der Waals surface area contributed by atoms with Crippen molar-refractivity contribution in [3.63, 3.8) is 0 Å². The van der Waals surface area contributed by atoms with Crippen molar-refractivity contribution in [2.75, 3.05) is 17.2 Å². The first-order valence-corrected chi connectivity index (χ1v) is 9.22. The Balaban J connectivity index is 2.26. The molecule has 2 rings (SSSR count). The van der Waals surface area contributed by atoms with Crippen molar-refractivity contribution in [2.24, 2.45) is 5.92 Å². The molecular weight excluding hydrogens is 274 g/mol. The van der Waals surface area contributed by atoms with E-state index in [2.05, 4.69) is 25.9 Å². The second-order valence-corrected chi connectivity index (χ2v) is 8.33. The van der Waals surface area contributed by atoms with Gasteiger partial charge < -0.3 is 5.73 Å².